The van der Waals surface area contributed by atoms with Crippen molar-refractivity contribution >= 4 is 5.78 Å². The number of ether oxygens (including phenoxy) is 1. The summed E-state index contributed by atoms with van der Waals surface area (Å²) in [5, 5.41) is 10.6. The predicted octanol–water partition coefficient (Wildman–Crippen LogP) is 4.43. The number of nitriles is 1. The highest BCUT2D eigenvalue weighted by Crippen LogP contribution is 2.40. The van der Waals surface area contributed by atoms with Gasteiger partial charge in [-0.1, -0.05) is 60.7 Å². The van der Waals surface area contributed by atoms with E-state index in [-0.39, 0.29) is 16.8 Å². The Morgan fingerprint density at radius 1 is 0.970 bits per heavy atom. The number of pyridine rings is 1. The van der Waals surface area contributed by atoms with Gasteiger partial charge < -0.3 is 4.74 Å². The fourth-order valence-electron chi connectivity index (χ4n) is 4.08. The topological polar surface area (TPSA) is 66.2 Å². The minimum atomic E-state index is -4.70. The molecule has 1 aliphatic heterocycles. The monoisotopic (exact) mass is 451 g/mol. The average molecular weight is 451 g/mol. The van der Waals surface area contributed by atoms with Gasteiger partial charge in [0.05, 0.1) is 24.8 Å². The Bertz CT molecular complexity index is 1170. The number of carbonyl (C=O) groups excluding carboxylic acids is 1. The van der Waals surface area contributed by atoms with Crippen LogP contribution in [0.1, 0.15) is 32.7 Å². The molecule has 0 bridgehead atoms. The molecule has 0 radical (unpaired) electrons. The van der Waals surface area contributed by atoms with Crippen molar-refractivity contribution in [2.45, 2.75) is 11.7 Å². The highest BCUT2D eigenvalue weighted by molar-refractivity contribution is 6.09. The van der Waals surface area contributed by atoms with Crippen molar-refractivity contribution < 1.29 is 22.7 Å². The van der Waals surface area contributed by atoms with E-state index in [1.165, 1.54) is 0 Å². The van der Waals surface area contributed by atoms with Crippen LogP contribution in [0.4, 0.5) is 13.2 Å². The van der Waals surface area contributed by atoms with Gasteiger partial charge in [0.2, 0.25) is 5.78 Å². The molecule has 0 spiro atoms. The van der Waals surface area contributed by atoms with Gasteiger partial charge in [0.1, 0.15) is 5.69 Å². The summed E-state index contributed by atoms with van der Waals surface area (Å²) in [6.45, 7) is 1.23. The van der Waals surface area contributed by atoms with Crippen LogP contribution < -0.4 is 0 Å². The number of aromatic nitrogens is 1. The van der Waals surface area contributed by atoms with Gasteiger partial charge in [-0.15, -0.1) is 0 Å². The molecule has 4 rings (SSSR count). The fraction of sp³-hybridized carbons (Fsp3) is 0.240. The predicted molar refractivity (Wildman–Crippen MR) is 114 cm³/mol. The van der Waals surface area contributed by atoms with E-state index in [0.717, 1.165) is 6.07 Å². The van der Waals surface area contributed by atoms with E-state index < -0.39 is 23.1 Å². The van der Waals surface area contributed by atoms with Gasteiger partial charge in [0, 0.05) is 30.4 Å². The molecule has 0 N–H and O–H groups in total. The van der Waals surface area contributed by atoms with Crippen LogP contribution in [0.2, 0.25) is 0 Å². The number of benzene rings is 2. The first kappa shape index (κ1) is 22.6. The van der Waals surface area contributed by atoms with Crippen LogP contribution in [0.15, 0.2) is 72.9 Å². The van der Waals surface area contributed by atoms with Gasteiger partial charge in [-0.05, 0) is 11.6 Å². The molecule has 3 aromatic rings. The molecule has 1 aliphatic rings. The van der Waals surface area contributed by atoms with E-state index in [4.69, 9.17) is 4.74 Å². The maximum atomic E-state index is 13.7. The minimum absolute atomic E-state index is 0.0956. The number of rotatable bonds is 5. The van der Waals surface area contributed by atoms with Crippen LogP contribution in [0.3, 0.4) is 0 Å². The molecule has 1 saturated heterocycles. The summed E-state index contributed by atoms with van der Waals surface area (Å²) in [6, 6.07) is 19.9. The third-order valence-corrected chi connectivity index (χ3v) is 5.69. The lowest BCUT2D eigenvalue weighted by atomic mass is 9.79. The van der Waals surface area contributed by atoms with Crippen LogP contribution in [0.25, 0.3) is 0 Å². The smallest absolute Gasteiger partial charge is 0.379 e. The lowest BCUT2D eigenvalue weighted by Gasteiger charge is -2.42. The third-order valence-electron chi connectivity index (χ3n) is 5.69. The van der Waals surface area contributed by atoms with Crippen molar-refractivity contribution in [3.05, 3.63) is 101 Å². The van der Waals surface area contributed by atoms with E-state index in [2.05, 4.69) is 11.1 Å². The van der Waals surface area contributed by atoms with Crippen LogP contribution in [0, 0.1) is 11.3 Å². The normalized spacial score (nSPS) is 16.5. The lowest BCUT2D eigenvalue weighted by Crippen LogP contribution is -2.52. The molecule has 33 heavy (non-hydrogen) atoms. The lowest BCUT2D eigenvalue weighted by molar-refractivity contribution is -0.138. The van der Waals surface area contributed by atoms with E-state index >= 15 is 0 Å². The van der Waals surface area contributed by atoms with Gasteiger partial charge >= 0.3 is 6.18 Å². The molecule has 168 valence electrons. The summed E-state index contributed by atoms with van der Waals surface area (Å²) < 4.78 is 46.6. The molecular weight excluding hydrogens is 431 g/mol. The van der Waals surface area contributed by atoms with E-state index in [1.807, 2.05) is 0 Å². The van der Waals surface area contributed by atoms with Crippen molar-refractivity contribution in [2.24, 2.45) is 0 Å². The Morgan fingerprint density at radius 3 is 2.15 bits per heavy atom. The Morgan fingerprint density at radius 2 is 1.58 bits per heavy atom. The summed E-state index contributed by atoms with van der Waals surface area (Å²) in [7, 11) is 0. The van der Waals surface area contributed by atoms with Gasteiger partial charge in [0.15, 0.2) is 5.54 Å². The van der Waals surface area contributed by atoms with Crippen molar-refractivity contribution in [3.63, 3.8) is 0 Å². The second-order valence-corrected chi connectivity index (χ2v) is 7.60. The van der Waals surface area contributed by atoms with Gasteiger partial charge in [-0.2, -0.15) is 18.4 Å². The highest BCUT2D eigenvalue weighted by atomic mass is 19.4. The van der Waals surface area contributed by atoms with Gasteiger partial charge in [-0.25, -0.2) is 0 Å². The van der Waals surface area contributed by atoms with Crippen LogP contribution in [0.5, 0.6) is 0 Å². The first-order valence-electron chi connectivity index (χ1n) is 10.3. The van der Waals surface area contributed by atoms with E-state index in [9.17, 15) is 23.2 Å². The number of carbonyl (C=O) groups is 1. The summed E-state index contributed by atoms with van der Waals surface area (Å²) in [5.74, 6) is -0.553. The standard InChI is InChI=1S/C25H20F3N3O2/c26-25(27,28)20-15-21(22(30-16-20)23(32)18-7-3-1-4-8-18)24(17-29,19-9-5-2-6-10-19)31-11-13-33-14-12-31/h1-10,15-16H,11-14H2. The second kappa shape index (κ2) is 9.14. The van der Waals surface area contributed by atoms with Crippen molar-refractivity contribution in [1.82, 2.24) is 9.88 Å². The Kier molecular flexibility index (Phi) is 6.27. The number of hydrogen-bond donors (Lipinski definition) is 0. The summed E-state index contributed by atoms with van der Waals surface area (Å²) in [5.41, 5.74) is -2.25. The number of nitrogens with zero attached hydrogens (tertiary/aromatic N) is 3. The van der Waals surface area contributed by atoms with Crippen LogP contribution in [-0.4, -0.2) is 42.0 Å². The first-order chi connectivity index (χ1) is 15.9. The van der Waals surface area contributed by atoms with Gasteiger partial charge in [-0.3, -0.25) is 14.7 Å². The summed E-state index contributed by atoms with van der Waals surface area (Å²) >= 11 is 0. The van der Waals surface area contributed by atoms with Crippen LogP contribution in [-0.2, 0) is 16.5 Å². The number of morpholine rings is 1. The maximum absolute atomic E-state index is 13.7. The molecule has 5 nitrogen and oxygen atoms in total. The Balaban J connectivity index is 2.02. The summed E-state index contributed by atoms with van der Waals surface area (Å²) in [4.78, 5) is 19.1. The second-order valence-electron chi connectivity index (χ2n) is 7.60. The van der Waals surface area contributed by atoms with Crippen LogP contribution >= 0.6 is 0 Å². The maximum Gasteiger partial charge on any atom is 0.417 e. The average Bonchev–Trinajstić information content (AvgIpc) is 2.86. The molecule has 1 atom stereocenters. The fourth-order valence-corrected chi connectivity index (χ4v) is 4.08. The molecule has 0 aliphatic carbocycles. The molecule has 1 fully saturated rings. The molecular formula is C25H20F3N3O2. The molecule has 8 heteroatoms. The molecule has 2 heterocycles. The van der Waals surface area contributed by atoms with E-state index in [1.54, 1.807) is 65.6 Å². The zero-order valence-corrected chi connectivity index (χ0v) is 17.5. The highest BCUT2D eigenvalue weighted by Gasteiger charge is 2.46. The molecule has 2 aromatic carbocycles. The number of alkyl halides is 3. The largest absolute Gasteiger partial charge is 0.417 e. The Labute approximate surface area is 189 Å². The minimum Gasteiger partial charge on any atom is -0.379 e. The zero-order valence-electron chi connectivity index (χ0n) is 17.5. The Hall–Kier alpha value is -3.54. The molecule has 1 unspecified atom stereocenters. The molecule has 0 saturated carbocycles. The number of hydrogen-bond acceptors (Lipinski definition) is 5. The van der Waals surface area contributed by atoms with E-state index in [0.29, 0.717) is 38.1 Å². The quantitative estimate of drug-likeness (QED) is 0.537. The summed E-state index contributed by atoms with van der Waals surface area (Å²) in [6.07, 6.45) is -4.05. The van der Waals surface area contributed by atoms with Crippen molar-refractivity contribution in [1.29, 1.82) is 5.26 Å². The third kappa shape index (κ3) is 4.25. The number of ketones is 1. The number of halogens is 3. The zero-order chi connectivity index (χ0) is 23.5. The first-order valence-corrected chi connectivity index (χ1v) is 10.3. The molecule has 1 aromatic heterocycles. The van der Waals surface area contributed by atoms with Crippen molar-refractivity contribution in [2.75, 3.05) is 26.3 Å². The van der Waals surface area contributed by atoms with Crippen molar-refractivity contribution in [3.8, 4) is 6.07 Å². The molecule has 0 amide bonds. The SMILES string of the molecule is N#CC(c1ccccc1)(c1cc(C(F)(F)F)cnc1C(=O)c1ccccc1)N1CCOCC1. The van der Waals surface area contributed by atoms with Gasteiger partial charge in [0.25, 0.3) is 0 Å².